The molecule has 0 amide bonds. The molecule has 7 nitrogen and oxygen atoms in total. The van der Waals surface area contributed by atoms with Gasteiger partial charge in [-0.05, 0) is 42.8 Å². The van der Waals surface area contributed by atoms with Crippen molar-refractivity contribution in [3.05, 3.63) is 46.7 Å². The van der Waals surface area contributed by atoms with Gasteiger partial charge in [0, 0.05) is 37.6 Å². The molecule has 1 aromatic heterocycles. The Hall–Kier alpha value is -1.44. The highest BCUT2D eigenvalue weighted by Crippen LogP contribution is 2.26. The fourth-order valence-corrected chi connectivity index (χ4v) is 5.83. The van der Waals surface area contributed by atoms with Gasteiger partial charge in [-0.1, -0.05) is 6.07 Å². The predicted octanol–water partition coefficient (Wildman–Crippen LogP) is 2.01. The number of benzene rings is 1. The van der Waals surface area contributed by atoms with E-state index >= 15 is 0 Å². The predicted molar refractivity (Wildman–Crippen MR) is 111 cm³/mol. The number of likely N-dealkylation sites (N-methyl/N-ethyl adjacent to an activating group) is 1. The van der Waals surface area contributed by atoms with Crippen LogP contribution in [0, 0.1) is 0 Å². The number of hydrogen-bond donors (Lipinski definition) is 1. The van der Waals surface area contributed by atoms with E-state index in [1.54, 1.807) is 11.3 Å². The maximum absolute atomic E-state index is 12.7. The van der Waals surface area contributed by atoms with Gasteiger partial charge in [0.05, 0.1) is 15.8 Å². The number of nitrogens with one attached hydrogen (secondary N) is 1. The van der Waals surface area contributed by atoms with E-state index in [9.17, 15) is 25.6 Å². The Kier molecular flexibility index (Phi) is 7.25. The first-order chi connectivity index (χ1) is 14.1. The van der Waals surface area contributed by atoms with Crippen molar-refractivity contribution < 1.29 is 25.6 Å². The Balaban J connectivity index is 1.75. The number of hydrogen-bond acceptors (Lipinski definition) is 7. The number of thiophene rings is 1. The van der Waals surface area contributed by atoms with Gasteiger partial charge in [0.15, 0.2) is 0 Å². The molecule has 0 radical (unpaired) electrons. The average Bonchev–Trinajstić information content (AvgIpc) is 3.24. The van der Waals surface area contributed by atoms with E-state index in [0.717, 1.165) is 55.3 Å². The minimum absolute atomic E-state index is 0.132. The summed E-state index contributed by atoms with van der Waals surface area (Å²) < 4.78 is 76.3. The molecule has 0 saturated carbocycles. The molecule has 2 heterocycles. The lowest BCUT2D eigenvalue weighted by Crippen LogP contribution is -2.48. The first-order valence-corrected chi connectivity index (χ1v) is 13.1. The van der Waals surface area contributed by atoms with Gasteiger partial charge >= 0.3 is 5.76 Å². The number of alkyl halides is 2. The second-order valence-corrected chi connectivity index (χ2v) is 11.7. The fraction of sp³-hybridized carbons (Fsp3) is 0.444. The first kappa shape index (κ1) is 23.2. The highest BCUT2D eigenvalue weighted by atomic mass is 32.2. The number of sulfone groups is 1. The summed E-state index contributed by atoms with van der Waals surface area (Å²) in [6, 6.07) is 7.56. The van der Waals surface area contributed by atoms with Gasteiger partial charge < -0.3 is 4.90 Å². The summed E-state index contributed by atoms with van der Waals surface area (Å²) in [5.74, 6) is -3.56. The van der Waals surface area contributed by atoms with Gasteiger partial charge in [-0.15, -0.1) is 11.3 Å². The van der Waals surface area contributed by atoms with Crippen LogP contribution in [0.15, 0.2) is 51.6 Å². The van der Waals surface area contributed by atoms with Crippen molar-refractivity contribution in [2.24, 2.45) is 0 Å². The molecular formula is C18H23F2N3O4S3. The third-order valence-electron chi connectivity index (χ3n) is 5.01. The number of piperazine rings is 1. The lowest BCUT2D eigenvalue weighted by Gasteiger charge is -2.37. The average molecular weight is 480 g/mol. The zero-order chi connectivity index (χ0) is 21.9. The van der Waals surface area contributed by atoms with Gasteiger partial charge in [0.25, 0.3) is 0 Å². The molecule has 30 heavy (non-hydrogen) atoms. The number of nitrogens with zero attached hydrogens (tertiary/aromatic N) is 2. The van der Waals surface area contributed by atoms with E-state index < -0.39 is 30.5 Å². The Labute approximate surface area is 179 Å². The van der Waals surface area contributed by atoms with Crippen molar-refractivity contribution in [3.63, 3.8) is 0 Å². The molecule has 12 heteroatoms. The summed E-state index contributed by atoms with van der Waals surface area (Å²) in [5, 5.41) is 1.94. The third-order valence-corrected chi connectivity index (χ3v) is 8.83. The van der Waals surface area contributed by atoms with E-state index in [1.807, 2.05) is 24.6 Å². The lowest BCUT2D eigenvalue weighted by molar-refractivity contribution is 0.114. The summed E-state index contributed by atoms with van der Waals surface area (Å²) >= 11 is 1.55. The Morgan fingerprint density at radius 2 is 1.60 bits per heavy atom. The monoisotopic (exact) mass is 479 g/mol. The molecule has 1 saturated heterocycles. The van der Waals surface area contributed by atoms with Gasteiger partial charge in [-0.3, -0.25) is 4.90 Å². The largest absolute Gasteiger partial charge is 0.341 e. The van der Waals surface area contributed by atoms with Crippen LogP contribution in [-0.4, -0.2) is 72.2 Å². The van der Waals surface area contributed by atoms with Gasteiger partial charge in [-0.25, -0.2) is 21.6 Å². The highest BCUT2D eigenvalue weighted by molar-refractivity contribution is 7.91. The summed E-state index contributed by atoms with van der Waals surface area (Å²) in [6.07, 6.45) is 0. The maximum Gasteiger partial charge on any atom is 0.341 e. The molecule has 1 atom stereocenters. The normalized spacial score (nSPS) is 18.0. The SMILES string of the molecule is CN1CCN([C@H](CNS(=O)(=O)c2ccc(S(=O)(=O)C(F)F)cc2)c2cccs2)CC1. The molecule has 1 aliphatic heterocycles. The van der Waals surface area contributed by atoms with Crippen LogP contribution in [0.2, 0.25) is 0 Å². The zero-order valence-corrected chi connectivity index (χ0v) is 18.7. The molecule has 0 bridgehead atoms. The maximum atomic E-state index is 12.7. The highest BCUT2D eigenvalue weighted by Gasteiger charge is 2.28. The van der Waals surface area contributed by atoms with Crippen LogP contribution < -0.4 is 4.72 Å². The quantitative estimate of drug-likeness (QED) is 0.623. The Bertz CT molecular complexity index is 1030. The number of rotatable bonds is 8. The van der Waals surface area contributed by atoms with Gasteiger partial charge in [0.2, 0.25) is 19.9 Å². The minimum Gasteiger partial charge on any atom is -0.304 e. The molecule has 0 spiro atoms. The van der Waals surface area contributed by atoms with Gasteiger partial charge in [-0.2, -0.15) is 8.78 Å². The molecule has 1 fully saturated rings. The molecule has 1 aliphatic rings. The first-order valence-electron chi connectivity index (χ1n) is 9.19. The summed E-state index contributed by atoms with van der Waals surface area (Å²) in [4.78, 5) is 4.68. The van der Waals surface area contributed by atoms with Gasteiger partial charge in [0.1, 0.15) is 0 Å². The molecule has 3 rings (SSSR count). The molecule has 2 aromatic rings. The van der Waals surface area contributed by atoms with E-state index in [1.165, 1.54) is 0 Å². The van der Waals surface area contributed by atoms with Crippen LogP contribution in [-0.2, 0) is 19.9 Å². The van der Waals surface area contributed by atoms with E-state index in [-0.39, 0.29) is 17.5 Å². The van der Waals surface area contributed by atoms with Crippen molar-refractivity contribution in [1.82, 2.24) is 14.5 Å². The summed E-state index contributed by atoms with van der Waals surface area (Å²) in [6.45, 7) is 3.52. The molecule has 0 unspecified atom stereocenters. The molecule has 1 N–H and O–H groups in total. The summed E-state index contributed by atoms with van der Waals surface area (Å²) in [7, 11) is -6.67. The van der Waals surface area contributed by atoms with Crippen LogP contribution in [0.1, 0.15) is 10.9 Å². The molecular weight excluding hydrogens is 456 g/mol. The third kappa shape index (κ3) is 5.24. The van der Waals surface area contributed by atoms with Crippen molar-refractivity contribution >= 4 is 31.2 Å². The Morgan fingerprint density at radius 1 is 1.00 bits per heavy atom. The van der Waals surface area contributed by atoms with Crippen molar-refractivity contribution in [1.29, 1.82) is 0 Å². The fourth-order valence-electron chi connectivity index (χ4n) is 3.21. The van der Waals surface area contributed by atoms with Crippen molar-refractivity contribution in [2.75, 3.05) is 39.8 Å². The van der Waals surface area contributed by atoms with Crippen LogP contribution >= 0.6 is 11.3 Å². The Morgan fingerprint density at radius 3 is 2.13 bits per heavy atom. The second kappa shape index (κ2) is 9.37. The van der Waals surface area contributed by atoms with E-state index in [2.05, 4.69) is 14.5 Å². The number of halogens is 2. The standard InChI is InChI=1S/C18H23F2N3O4S3/c1-22-8-10-23(11-9-22)16(17-3-2-12-28-17)13-21-30(26,27)15-6-4-14(5-7-15)29(24,25)18(19)20/h2-7,12,16,18,21H,8-11,13H2,1H3/t16-/m1/s1. The smallest absolute Gasteiger partial charge is 0.304 e. The van der Waals surface area contributed by atoms with E-state index in [0.29, 0.717) is 0 Å². The van der Waals surface area contributed by atoms with E-state index in [4.69, 9.17) is 0 Å². The van der Waals surface area contributed by atoms with Crippen molar-refractivity contribution in [2.45, 2.75) is 21.6 Å². The topological polar surface area (TPSA) is 86.8 Å². The zero-order valence-electron chi connectivity index (χ0n) is 16.2. The second-order valence-electron chi connectivity index (χ2n) is 7.00. The molecule has 166 valence electrons. The summed E-state index contributed by atoms with van der Waals surface area (Å²) in [5.41, 5.74) is 0. The lowest BCUT2D eigenvalue weighted by atomic mass is 10.2. The molecule has 1 aromatic carbocycles. The van der Waals surface area contributed by atoms with Crippen LogP contribution in [0.5, 0.6) is 0 Å². The van der Waals surface area contributed by atoms with Crippen molar-refractivity contribution in [3.8, 4) is 0 Å². The minimum atomic E-state index is -4.77. The van der Waals surface area contributed by atoms with Crippen LogP contribution in [0.25, 0.3) is 0 Å². The van der Waals surface area contributed by atoms with Crippen LogP contribution in [0.3, 0.4) is 0 Å². The molecule has 0 aliphatic carbocycles. The van der Waals surface area contributed by atoms with Crippen LogP contribution in [0.4, 0.5) is 8.78 Å². The number of sulfonamides is 1.